The minimum atomic E-state index is -0.0455. The van der Waals surface area contributed by atoms with Crippen molar-refractivity contribution < 1.29 is 5.11 Å². The molecular formula is C14H26OS2. The number of aliphatic hydroxyl groups excluding tert-OH is 1. The highest BCUT2D eigenvalue weighted by atomic mass is 32.2. The molecule has 1 heterocycles. The lowest BCUT2D eigenvalue weighted by molar-refractivity contribution is 0.0946. The van der Waals surface area contributed by atoms with Crippen molar-refractivity contribution in [3.63, 3.8) is 0 Å². The molecule has 1 nitrogen and oxygen atoms in total. The van der Waals surface area contributed by atoms with Crippen LogP contribution in [0, 0.1) is 5.92 Å². The number of rotatable bonds is 3. The molecule has 1 aliphatic heterocycles. The van der Waals surface area contributed by atoms with Gasteiger partial charge in [0.1, 0.15) is 0 Å². The van der Waals surface area contributed by atoms with Crippen molar-refractivity contribution >= 4 is 23.5 Å². The van der Waals surface area contributed by atoms with Gasteiger partial charge in [0.2, 0.25) is 0 Å². The first-order valence-electron chi connectivity index (χ1n) is 7.24. The van der Waals surface area contributed by atoms with Crippen LogP contribution in [0.5, 0.6) is 0 Å². The summed E-state index contributed by atoms with van der Waals surface area (Å²) >= 11 is 4.12. The molecule has 2 fully saturated rings. The van der Waals surface area contributed by atoms with Crippen LogP contribution >= 0.6 is 23.5 Å². The van der Waals surface area contributed by atoms with Crippen LogP contribution < -0.4 is 0 Å². The van der Waals surface area contributed by atoms with Gasteiger partial charge in [0, 0.05) is 22.0 Å². The molecular weight excluding hydrogens is 248 g/mol. The van der Waals surface area contributed by atoms with E-state index in [0.717, 1.165) is 0 Å². The Labute approximate surface area is 115 Å². The Bertz CT molecular complexity index is 214. The third kappa shape index (κ3) is 3.81. The van der Waals surface area contributed by atoms with Gasteiger partial charge in [-0.3, -0.25) is 0 Å². The van der Waals surface area contributed by atoms with Crippen LogP contribution in [0.15, 0.2) is 0 Å². The Morgan fingerprint density at radius 1 is 1.06 bits per heavy atom. The Morgan fingerprint density at radius 3 is 2.35 bits per heavy atom. The first-order valence-corrected chi connectivity index (χ1v) is 9.34. The number of hydrogen-bond acceptors (Lipinski definition) is 3. The van der Waals surface area contributed by atoms with Gasteiger partial charge < -0.3 is 5.11 Å². The fourth-order valence-electron chi connectivity index (χ4n) is 3.18. The summed E-state index contributed by atoms with van der Waals surface area (Å²) < 4.78 is 0. The summed E-state index contributed by atoms with van der Waals surface area (Å²) in [5, 5.41) is 11.9. The highest BCUT2D eigenvalue weighted by Crippen LogP contribution is 2.39. The minimum Gasteiger partial charge on any atom is -0.392 e. The van der Waals surface area contributed by atoms with Crippen LogP contribution in [-0.2, 0) is 0 Å². The number of thioether (sulfide) groups is 2. The molecule has 3 unspecified atom stereocenters. The molecule has 17 heavy (non-hydrogen) atoms. The lowest BCUT2D eigenvalue weighted by Gasteiger charge is -2.36. The van der Waals surface area contributed by atoms with Gasteiger partial charge >= 0.3 is 0 Å². The Kier molecular flexibility index (Phi) is 6.04. The van der Waals surface area contributed by atoms with Gasteiger partial charge in [-0.2, -0.15) is 23.5 Å². The van der Waals surface area contributed by atoms with Gasteiger partial charge in [0.15, 0.2) is 0 Å². The molecule has 0 aromatic heterocycles. The first-order chi connectivity index (χ1) is 8.33. The average molecular weight is 274 g/mol. The van der Waals surface area contributed by atoms with E-state index in [1.165, 1.54) is 56.5 Å². The van der Waals surface area contributed by atoms with Gasteiger partial charge in [-0.05, 0) is 25.2 Å². The lowest BCUT2D eigenvalue weighted by Crippen LogP contribution is -2.40. The van der Waals surface area contributed by atoms with Crippen LogP contribution in [0.1, 0.15) is 51.9 Å². The maximum absolute atomic E-state index is 10.7. The third-order valence-electron chi connectivity index (χ3n) is 4.21. The van der Waals surface area contributed by atoms with E-state index < -0.39 is 0 Å². The maximum atomic E-state index is 10.7. The van der Waals surface area contributed by atoms with E-state index in [0.29, 0.717) is 16.4 Å². The van der Waals surface area contributed by atoms with Crippen LogP contribution in [0.2, 0.25) is 0 Å². The predicted octanol–water partition coefficient (Wildman–Crippen LogP) is 3.94. The standard InChI is InChI=1S/C14H26OS2/c1-2-12-14(17-10-9-16-12)13(15)11-7-5-3-4-6-8-11/h11-15H,2-10H2,1H3. The van der Waals surface area contributed by atoms with Gasteiger partial charge in [-0.25, -0.2) is 0 Å². The third-order valence-corrected chi connectivity index (χ3v) is 7.57. The molecule has 0 aromatic rings. The normalized spacial score (nSPS) is 34.2. The molecule has 0 aromatic carbocycles. The van der Waals surface area contributed by atoms with Crippen molar-refractivity contribution in [2.75, 3.05) is 11.5 Å². The molecule has 0 radical (unpaired) electrons. The molecule has 0 amide bonds. The predicted molar refractivity (Wildman–Crippen MR) is 80.0 cm³/mol. The second kappa shape index (κ2) is 7.30. The lowest BCUT2D eigenvalue weighted by atomic mass is 9.90. The zero-order valence-corrected chi connectivity index (χ0v) is 12.6. The quantitative estimate of drug-likeness (QED) is 0.787. The van der Waals surface area contributed by atoms with Gasteiger partial charge in [0.05, 0.1) is 6.10 Å². The summed E-state index contributed by atoms with van der Waals surface area (Å²) in [5.41, 5.74) is 0. The second-order valence-corrected chi connectivity index (χ2v) is 8.03. The summed E-state index contributed by atoms with van der Waals surface area (Å²) in [6.45, 7) is 2.27. The van der Waals surface area contributed by atoms with Crippen molar-refractivity contribution in [2.45, 2.75) is 68.5 Å². The summed E-state index contributed by atoms with van der Waals surface area (Å²) in [5.74, 6) is 3.09. The molecule has 3 heteroatoms. The largest absolute Gasteiger partial charge is 0.392 e. The number of aliphatic hydroxyl groups is 1. The topological polar surface area (TPSA) is 20.2 Å². The Balaban J connectivity index is 1.93. The SMILES string of the molecule is CCC1SCCSC1C(O)C1CCCCCC1. The smallest absolute Gasteiger partial charge is 0.0697 e. The van der Waals surface area contributed by atoms with Crippen molar-refractivity contribution in [1.29, 1.82) is 0 Å². The fraction of sp³-hybridized carbons (Fsp3) is 1.00. The van der Waals surface area contributed by atoms with Gasteiger partial charge in [-0.1, -0.05) is 32.6 Å². The molecule has 1 saturated heterocycles. The molecule has 100 valence electrons. The van der Waals surface area contributed by atoms with Crippen LogP contribution in [-0.4, -0.2) is 33.2 Å². The second-order valence-electron chi connectivity index (χ2n) is 5.40. The first kappa shape index (κ1) is 14.1. The van der Waals surface area contributed by atoms with E-state index in [4.69, 9.17) is 0 Å². The van der Waals surface area contributed by atoms with E-state index in [1.807, 2.05) is 11.8 Å². The van der Waals surface area contributed by atoms with Crippen LogP contribution in [0.25, 0.3) is 0 Å². The molecule has 3 atom stereocenters. The van der Waals surface area contributed by atoms with Crippen molar-refractivity contribution in [3.8, 4) is 0 Å². The van der Waals surface area contributed by atoms with E-state index in [2.05, 4.69) is 18.7 Å². The summed E-state index contributed by atoms with van der Waals surface area (Å²) in [6, 6.07) is 0. The van der Waals surface area contributed by atoms with E-state index >= 15 is 0 Å². The zero-order valence-electron chi connectivity index (χ0n) is 10.9. The number of hydrogen-bond donors (Lipinski definition) is 1. The molecule has 1 N–H and O–H groups in total. The highest BCUT2D eigenvalue weighted by molar-refractivity contribution is 8.07. The van der Waals surface area contributed by atoms with Crippen molar-refractivity contribution in [2.24, 2.45) is 5.92 Å². The maximum Gasteiger partial charge on any atom is 0.0697 e. The molecule has 0 spiro atoms. The van der Waals surface area contributed by atoms with Gasteiger partial charge in [0.25, 0.3) is 0 Å². The van der Waals surface area contributed by atoms with E-state index in [-0.39, 0.29) is 6.10 Å². The Morgan fingerprint density at radius 2 is 1.71 bits per heavy atom. The van der Waals surface area contributed by atoms with Crippen molar-refractivity contribution in [1.82, 2.24) is 0 Å². The molecule has 1 aliphatic carbocycles. The summed E-state index contributed by atoms with van der Waals surface area (Å²) in [4.78, 5) is 0. The van der Waals surface area contributed by atoms with Crippen LogP contribution in [0.4, 0.5) is 0 Å². The van der Waals surface area contributed by atoms with E-state index in [1.54, 1.807) is 0 Å². The Hall–Kier alpha value is 0.660. The molecule has 2 rings (SSSR count). The van der Waals surface area contributed by atoms with Crippen molar-refractivity contribution in [3.05, 3.63) is 0 Å². The molecule has 0 bridgehead atoms. The van der Waals surface area contributed by atoms with Crippen LogP contribution in [0.3, 0.4) is 0 Å². The average Bonchev–Trinajstić information content (AvgIpc) is 2.66. The molecule has 1 saturated carbocycles. The monoisotopic (exact) mass is 274 g/mol. The highest BCUT2D eigenvalue weighted by Gasteiger charge is 2.35. The summed E-state index contributed by atoms with van der Waals surface area (Å²) in [6.07, 6.45) is 9.13. The molecule has 2 aliphatic rings. The summed E-state index contributed by atoms with van der Waals surface area (Å²) in [7, 11) is 0. The zero-order chi connectivity index (χ0) is 12.1. The fourth-order valence-corrected chi connectivity index (χ4v) is 6.40. The van der Waals surface area contributed by atoms with E-state index in [9.17, 15) is 5.11 Å². The van der Waals surface area contributed by atoms with Gasteiger partial charge in [-0.15, -0.1) is 0 Å². The minimum absolute atomic E-state index is 0.0455.